The number of aryl methyl sites for hydroxylation is 1. The molecule has 0 aliphatic carbocycles. The molecule has 10 heteroatoms. The predicted molar refractivity (Wildman–Crippen MR) is 154 cm³/mol. The molecular formula is C30H27ClN2O6S. The quantitative estimate of drug-likeness (QED) is 0.130. The molecule has 4 rings (SSSR count). The molecule has 0 saturated carbocycles. The Bertz CT molecular complexity index is 1610. The van der Waals surface area contributed by atoms with Crippen LogP contribution in [-0.2, 0) is 16.7 Å². The van der Waals surface area contributed by atoms with Crippen LogP contribution >= 0.6 is 11.6 Å². The van der Waals surface area contributed by atoms with Crippen molar-refractivity contribution in [3.63, 3.8) is 0 Å². The van der Waals surface area contributed by atoms with E-state index in [2.05, 4.69) is 10.5 Å². The predicted octanol–water partition coefficient (Wildman–Crippen LogP) is 6.16. The minimum absolute atomic E-state index is 0.0193. The summed E-state index contributed by atoms with van der Waals surface area (Å²) in [5, 5.41) is 4.05. The van der Waals surface area contributed by atoms with Gasteiger partial charge in [-0.2, -0.15) is 13.5 Å². The molecule has 4 aromatic carbocycles. The lowest BCUT2D eigenvalue weighted by atomic mass is 10.2. The number of carbonyl (C=O) groups excluding carboxylic acids is 1. The zero-order chi connectivity index (χ0) is 28.5. The number of hydrogen-bond donors (Lipinski definition) is 1. The van der Waals surface area contributed by atoms with Gasteiger partial charge in [0.05, 0.1) is 17.8 Å². The lowest BCUT2D eigenvalue weighted by molar-refractivity contribution is 0.0954. The molecule has 1 amide bonds. The van der Waals surface area contributed by atoms with Crippen molar-refractivity contribution in [2.24, 2.45) is 5.10 Å². The van der Waals surface area contributed by atoms with Gasteiger partial charge in [0.1, 0.15) is 11.5 Å². The fraction of sp³-hybridized carbons (Fsp3) is 0.133. The van der Waals surface area contributed by atoms with Gasteiger partial charge in [-0.25, -0.2) is 5.43 Å². The number of hydrogen-bond acceptors (Lipinski definition) is 7. The van der Waals surface area contributed by atoms with Crippen LogP contribution in [0.15, 0.2) is 101 Å². The first-order valence-corrected chi connectivity index (χ1v) is 14.1. The fourth-order valence-electron chi connectivity index (χ4n) is 3.54. The van der Waals surface area contributed by atoms with Crippen molar-refractivity contribution in [2.75, 3.05) is 6.61 Å². The van der Waals surface area contributed by atoms with Crippen LogP contribution in [0.2, 0.25) is 5.02 Å². The van der Waals surface area contributed by atoms with E-state index in [4.69, 9.17) is 25.3 Å². The van der Waals surface area contributed by atoms with Crippen LogP contribution in [0.1, 0.15) is 34.0 Å². The molecule has 0 aliphatic rings. The van der Waals surface area contributed by atoms with E-state index in [1.165, 1.54) is 30.5 Å². The Hall–Kier alpha value is -4.34. The molecule has 4 aromatic rings. The zero-order valence-corrected chi connectivity index (χ0v) is 23.4. The zero-order valence-electron chi connectivity index (χ0n) is 21.8. The largest absolute Gasteiger partial charge is 0.490 e. The molecule has 1 N–H and O–H groups in total. The number of nitrogens with zero attached hydrogens (tertiary/aromatic N) is 1. The highest BCUT2D eigenvalue weighted by atomic mass is 35.5. The number of amides is 1. The van der Waals surface area contributed by atoms with Gasteiger partial charge in [0.15, 0.2) is 17.2 Å². The molecule has 0 aromatic heterocycles. The summed E-state index contributed by atoms with van der Waals surface area (Å²) in [4.78, 5) is 12.7. The number of carbonyl (C=O) groups is 1. The number of nitrogens with one attached hydrogen (secondary N) is 1. The second-order valence-electron chi connectivity index (χ2n) is 8.61. The van der Waals surface area contributed by atoms with Crippen LogP contribution in [0.25, 0.3) is 0 Å². The van der Waals surface area contributed by atoms with Gasteiger partial charge in [0, 0.05) is 5.56 Å². The van der Waals surface area contributed by atoms with Crippen molar-refractivity contribution in [1.82, 2.24) is 5.43 Å². The monoisotopic (exact) mass is 578 g/mol. The molecule has 206 valence electrons. The Balaban J connectivity index is 1.38. The van der Waals surface area contributed by atoms with E-state index >= 15 is 0 Å². The molecule has 0 fully saturated rings. The molecule has 0 saturated heterocycles. The van der Waals surface area contributed by atoms with Crippen molar-refractivity contribution in [1.29, 1.82) is 0 Å². The summed E-state index contributed by atoms with van der Waals surface area (Å²) in [5.41, 5.74) is 5.24. The summed E-state index contributed by atoms with van der Waals surface area (Å²) in [5.74, 6) is 0.480. The second kappa shape index (κ2) is 13.1. The summed E-state index contributed by atoms with van der Waals surface area (Å²) >= 11 is 6.25. The van der Waals surface area contributed by atoms with Crippen molar-refractivity contribution in [3.05, 3.63) is 118 Å². The first kappa shape index (κ1) is 28.7. The standard InChI is InChI=1S/C30H27ClN2O6S/c1-3-37-29-18-24(12-16-28(29)38-20-22-7-5-4-6-8-22)30(34)33-32-19-23-11-15-27(26(31)17-23)39-40(35,36)25-13-9-21(2)10-14-25/h4-19H,3,20H2,1-2H3,(H,33,34)/b32-19+. The maximum Gasteiger partial charge on any atom is 0.339 e. The van der Waals surface area contributed by atoms with Gasteiger partial charge in [0.2, 0.25) is 0 Å². The summed E-state index contributed by atoms with van der Waals surface area (Å²) < 4.78 is 41.8. The van der Waals surface area contributed by atoms with E-state index in [1.807, 2.05) is 44.2 Å². The lowest BCUT2D eigenvalue weighted by Gasteiger charge is -2.13. The highest BCUT2D eigenvalue weighted by molar-refractivity contribution is 7.87. The third-order valence-electron chi connectivity index (χ3n) is 5.59. The Kier molecular flexibility index (Phi) is 9.42. The van der Waals surface area contributed by atoms with Crippen LogP contribution in [0, 0.1) is 6.92 Å². The third kappa shape index (κ3) is 7.62. The third-order valence-corrected chi connectivity index (χ3v) is 7.13. The van der Waals surface area contributed by atoms with Gasteiger partial charge in [-0.15, -0.1) is 0 Å². The van der Waals surface area contributed by atoms with Crippen LogP contribution in [0.4, 0.5) is 0 Å². The second-order valence-corrected chi connectivity index (χ2v) is 10.6. The van der Waals surface area contributed by atoms with Gasteiger partial charge in [-0.05, 0) is 73.5 Å². The lowest BCUT2D eigenvalue weighted by Crippen LogP contribution is -2.17. The Morgan fingerprint density at radius 1 is 0.900 bits per heavy atom. The summed E-state index contributed by atoms with van der Waals surface area (Å²) in [6.07, 6.45) is 1.38. The Morgan fingerprint density at radius 2 is 1.62 bits per heavy atom. The van der Waals surface area contributed by atoms with Gasteiger partial charge in [-0.1, -0.05) is 59.6 Å². The SMILES string of the molecule is CCOc1cc(C(=O)N/N=C/c2ccc(OS(=O)(=O)c3ccc(C)cc3)c(Cl)c2)ccc1OCc1ccccc1. The number of hydrazone groups is 1. The number of benzene rings is 4. The van der Waals surface area contributed by atoms with Crippen LogP contribution < -0.4 is 19.1 Å². The topological polar surface area (TPSA) is 103 Å². The molecule has 0 unspecified atom stereocenters. The van der Waals surface area contributed by atoms with Gasteiger partial charge in [-0.3, -0.25) is 4.79 Å². The minimum Gasteiger partial charge on any atom is -0.490 e. The Morgan fingerprint density at radius 3 is 2.33 bits per heavy atom. The first-order chi connectivity index (χ1) is 19.2. The maximum atomic E-state index is 12.7. The van der Waals surface area contributed by atoms with Crippen molar-refractivity contribution >= 4 is 33.8 Å². The molecule has 0 aliphatic heterocycles. The summed E-state index contributed by atoms with van der Waals surface area (Å²) in [6.45, 7) is 4.46. The molecular weight excluding hydrogens is 552 g/mol. The molecule has 40 heavy (non-hydrogen) atoms. The average Bonchev–Trinajstić information content (AvgIpc) is 2.94. The molecule has 0 bridgehead atoms. The van der Waals surface area contributed by atoms with Gasteiger partial charge < -0.3 is 13.7 Å². The molecule has 0 spiro atoms. The maximum absolute atomic E-state index is 12.7. The molecule has 0 atom stereocenters. The van der Waals surface area contributed by atoms with Gasteiger partial charge in [0.25, 0.3) is 5.91 Å². The van der Waals surface area contributed by atoms with Crippen LogP contribution in [0.3, 0.4) is 0 Å². The van der Waals surface area contributed by atoms with E-state index in [-0.39, 0.29) is 15.7 Å². The highest BCUT2D eigenvalue weighted by Gasteiger charge is 2.18. The number of ether oxygens (including phenoxy) is 2. The van der Waals surface area contributed by atoms with Crippen LogP contribution in [-0.4, -0.2) is 27.1 Å². The highest BCUT2D eigenvalue weighted by Crippen LogP contribution is 2.30. The van der Waals surface area contributed by atoms with Crippen molar-refractivity contribution in [3.8, 4) is 17.2 Å². The first-order valence-electron chi connectivity index (χ1n) is 12.3. The van der Waals surface area contributed by atoms with E-state index < -0.39 is 16.0 Å². The smallest absolute Gasteiger partial charge is 0.339 e. The molecule has 0 heterocycles. The van der Waals surface area contributed by atoms with Crippen LogP contribution in [0.5, 0.6) is 17.2 Å². The van der Waals surface area contributed by atoms with E-state index in [0.717, 1.165) is 11.1 Å². The normalized spacial score (nSPS) is 11.3. The number of halogens is 1. The number of rotatable bonds is 11. The average molecular weight is 579 g/mol. The molecule has 0 radical (unpaired) electrons. The fourth-order valence-corrected chi connectivity index (χ4v) is 4.76. The molecule has 8 nitrogen and oxygen atoms in total. The summed E-state index contributed by atoms with van der Waals surface area (Å²) in [7, 11) is -4.05. The van der Waals surface area contributed by atoms with E-state index in [1.54, 1.807) is 36.4 Å². The Labute approximate surface area is 238 Å². The van der Waals surface area contributed by atoms with Gasteiger partial charge >= 0.3 is 10.1 Å². The van der Waals surface area contributed by atoms with E-state index in [9.17, 15) is 13.2 Å². The minimum atomic E-state index is -4.05. The summed E-state index contributed by atoms with van der Waals surface area (Å²) in [6, 6.07) is 25.3. The van der Waals surface area contributed by atoms with E-state index in [0.29, 0.717) is 35.8 Å². The van der Waals surface area contributed by atoms with Crippen molar-refractivity contribution < 1.29 is 26.9 Å². The van der Waals surface area contributed by atoms with Crippen molar-refractivity contribution in [2.45, 2.75) is 25.3 Å².